The lowest BCUT2D eigenvalue weighted by Crippen LogP contribution is -2.52. The van der Waals surface area contributed by atoms with Crippen LogP contribution in [0.1, 0.15) is 46.5 Å². The van der Waals surface area contributed by atoms with E-state index in [0.29, 0.717) is 45.4 Å². The average Bonchev–Trinajstić information content (AvgIpc) is 2.65. The van der Waals surface area contributed by atoms with Gasteiger partial charge in [-0.05, 0) is 46.0 Å². The average molecular weight is 436 g/mol. The van der Waals surface area contributed by atoms with Crippen molar-refractivity contribution in [3.05, 3.63) is 0 Å². The van der Waals surface area contributed by atoms with Gasteiger partial charge in [-0.1, -0.05) is 5.92 Å². The van der Waals surface area contributed by atoms with Crippen molar-refractivity contribution in [2.75, 3.05) is 32.7 Å². The Morgan fingerprint density at radius 1 is 1.19 bits per heavy atom. The Morgan fingerprint density at radius 2 is 1.87 bits per heavy atom. The molecular weight excluding hydrogens is 402 g/mol. The third-order valence-electron chi connectivity index (χ3n) is 5.50. The first-order valence-corrected chi connectivity index (χ1v) is 10.7. The van der Waals surface area contributed by atoms with E-state index in [1.165, 1.54) is 0 Å². The van der Waals surface area contributed by atoms with E-state index in [-0.39, 0.29) is 36.3 Å². The van der Waals surface area contributed by atoms with Gasteiger partial charge in [0.05, 0.1) is 5.92 Å². The molecular formula is C22H33N3O6. The maximum atomic E-state index is 12.6. The van der Waals surface area contributed by atoms with Gasteiger partial charge in [0.15, 0.2) is 0 Å². The Bertz CT molecular complexity index is 733. The summed E-state index contributed by atoms with van der Waals surface area (Å²) in [5.74, 6) is -0.437. The minimum absolute atomic E-state index is 0.000236. The zero-order valence-corrected chi connectivity index (χ0v) is 18.6. The van der Waals surface area contributed by atoms with Crippen molar-refractivity contribution in [2.45, 2.75) is 52.1 Å². The molecule has 2 atom stereocenters. The Balaban J connectivity index is 1.71. The molecule has 0 bridgehead atoms. The number of hydrogen-bond acceptors (Lipinski definition) is 5. The summed E-state index contributed by atoms with van der Waals surface area (Å²) in [5.41, 5.74) is -0.523. The molecule has 0 aromatic rings. The summed E-state index contributed by atoms with van der Waals surface area (Å²) in [6, 6.07) is 0. The number of amides is 3. The van der Waals surface area contributed by atoms with Gasteiger partial charge in [-0.3, -0.25) is 14.4 Å². The molecule has 9 nitrogen and oxygen atoms in total. The van der Waals surface area contributed by atoms with Crippen LogP contribution >= 0.6 is 0 Å². The third kappa shape index (κ3) is 7.46. The molecule has 9 heteroatoms. The van der Waals surface area contributed by atoms with Crippen LogP contribution in [0, 0.1) is 30.1 Å². The van der Waals surface area contributed by atoms with Gasteiger partial charge in [0.1, 0.15) is 11.5 Å². The molecule has 31 heavy (non-hydrogen) atoms. The minimum Gasteiger partial charge on any atom is -0.480 e. The number of likely N-dealkylation sites (tertiary alicyclic amines) is 2. The highest BCUT2D eigenvalue weighted by molar-refractivity contribution is 5.82. The molecule has 2 heterocycles. The maximum Gasteiger partial charge on any atom is 0.410 e. The van der Waals surface area contributed by atoms with Crippen molar-refractivity contribution in [3.63, 3.8) is 0 Å². The zero-order chi connectivity index (χ0) is 23.2. The van der Waals surface area contributed by atoms with E-state index in [1.807, 2.05) is 20.8 Å². The summed E-state index contributed by atoms with van der Waals surface area (Å²) in [7, 11) is 0. The molecule has 3 amide bonds. The lowest BCUT2D eigenvalue weighted by Gasteiger charge is -2.40. The molecule has 2 aliphatic heterocycles. The first-order valence-electron chi connectivity index (χ1n) is 10.7. The van der Waals surface area contributed by atoms with Crippen molar-refractivity contribution in [1.82, 2.24) is 15.1 Å². The Labute approximate surface area is 183 Å². The number of piperidine rings is 1. The summed E-state index contributed by atoms with van der Waals surface area (Å²) in [5, 5.41) is 11.6. The number of aliphatic carboxylic acids is 1. The van der Waals surface area contributed by atoms with Crippen LogP contribution in [-0.4, -0.2) is 77.1 Å². The van der Waals surface area contributed by atoms with Crippen molar-refractivity contribution >= 4 is 23.9 Å². The van der Waals surface area contributed by atoms with Crippen molar-refractivity contribution in [1.29, 1.82) is 0 Å². The van der Waals surface area contributed by atoms with Gasteiger partial charge in [-0.2, -0.15) is 0 Å². The molecule has 0 spiro atoms. The van der Waals surface area contributed by atoms with Crippen molar-refractivity contribution in [3.8, 4) is 12.3 Å². The molecule has 0 aromatic heterocycles. The van der Waals surface area contributed by atoms with Gasteiger partial charge in [0, 0.05) is 39.1 Å². The predicted molar refractivity (Wildman–Crippen MR) is 113 cm³/mol. The van der Waals surface area contributed by atoms with E-state index in [9.17, 15) is 19.2 Å². The van der Waals surface area contributed by atoms with Gasteiger partial charge in [-0.15, -0.1) is 6.42 Å². The van der Waals surface area contributed by atoms with Gasteiger partial charge in [0.2, 0.25) is 11.8 Å². The van der Waals surface area contributed by atoms with E-state index in [2.05, 4.69) is 11.2 Å². The Kier molecular flexibility index (Phi) is 8.31. The third-order valence-corrected chi connectivity index (χ3v) is 5.50. The second kappa shape index (κ2) is 10.5. The van der Waals surface area contributed by atoms with Crippen LogP contribution in [0.25, 0.3) is 0 Å². The van der Waals surface area contributed by atoms with Crippen LogP contribution in [0.4, 0.5) is 4.79 Å². The number of rotatable bonds is 7. The molecule has 2 aliphatic rings. The highest BCUT2D eigenvalue weighted by Crippen LogP contribution is 2.24. The second-order valence-corrected chi connectivity index (χ2v) is 9.27. The monoisotopic (exact) mass is 435 g/mol. The topological polar surface area (TPSA) is 116 Å². The Morgan fingerprint density at radius 3 is 2.45 bits per heavy atom. The molecule has 0 aromatic carbocycles. The molecule has 0 radical (unpaired) electrons. The van der Waals surface area contributed by atoms with E-state index >= 15 is 0 Å². The molecule has 2 rings (SSSR count). The molecule has 0 unspecified atom stereocenters. The summed E-state index contributed by atoms with van der Waals surface area (Å²) in [4.78, 5) is 51.2. The minimum atomic E-state index is -1.15. The van der Waals surface area contributed by atoms with Crippen LogP contribution in [0.15, 0.2) is 0 Å². The van der Waals surface area contributed by atoms with Crippen LogP contribution in [0.2, 0.25) is 0 Å². The summed E-state index contributed by atoms with van der Waals surface area (Å²) in [6.45, 7) is 7.48. The molecule has 2 saturated heterocycles. The quantitative estimate of drug-likeness (QED) is 0.583. The highest BCUT2D eigenvalue weighted by atomic mass is 16.6. The van der Waals surface area contributed by atoms with Crippen LogP contribution in [0.3, 0.4) is 0 Å². The fourth-order valence-corrected chi connectivity index (χ4v) is 3.70. The molecule has 0 saturated carbocycles. The van der Waals surface area contributed by atoms with Crippen molar-refractivity contribution < 1.29 is 29.0 Å². The lowest BCUT2D eigenvalue weighted by molar-refractivity contribution is -0.139. The molecule has 172 valence electrons. The first kappa shape index (κ1) is 24.5. The van der Waals surface area contributed by atoms with Gasteiger partial charge < -0.3 is 25.0 Å². The summed E-state index contributed by atoms with van der Waals surface area (Å²) >= 11 is 0. The molecule has 2 N–H and O–H groups in total. The SMILES string of the molecule is C#C[C@@H](CNC(=O)[C@@H]1CCCN(C(=O)CCC2CN(C(=O)OC(C)(C)C)C2)C1)C(=O)O. The molecule has 2 fully saturated rings. The van der Waals surface area contributed by atoms with Crippen molar-refractivity contribution in [2.24, 2.45) is 17.8 Å². The zero-order valence-electron chi connectivity index (χ0n) is 18.6. The number of terminal acetylenes is 1. The second-order valence-electron chi connectivity index (χ2n) is 9.27. The van der Waals surface area contributed by atoms with Gasteiger partial charge >= 0.3 is 12.1 Å². The number of nitrogens with one attached hydrogen (secondary N) is 1. The number of carboxylic acid groups (broad SMARTS) is 1. The fourth-order valence-electron chi connectivity index (χ4n) is 3.70. The number of nitrogens with zero attached hydrogens (tertiary/aromatic N) is 2. The number of hydrogen-bond donors (Lipinski definition) is 2. The number of carboxylic acids is 1. The predicted octanol–water partition coefficient (Wildman–Crippen LogP) is 1.32. The number of ether oxygens (including phenoxy) is 1. The van der Waals surface area contributed by atoms with Gasteiger partial charge in [-0.25, -0.2) is 4.79 Å². The van der Waals surface area contributed by atoms with E-state index in [0.717, 1.165) is 6.42 Å². The van der Waals surface area contributed by atoms with Crippen LogP contribution in [0.5, 0.6) is 0 Å². The normalized spacial score (nSPS) is 20.3. The van der Waals surface area contributed by atoms with Gasteiger partial charge in [0.25, 0.3) is 0 Å². The van der Waals surface area contributed by atoms with E-state index < -0.39 is 17.5 Å². The summed E-state index contributed by atoms with van der Waals surface area (Å²) in [6.07, 6.45) is 7.27. The van der Waals surface area contributed by atoms with E-state index in [4.69, 9.17) is 16.3 Å². The number of carbonyl (C=O) groups excluding carboxylic acids is 3. The molecule has 0 aliphatic carbocycles. The van der Waals surface area contributed by atoms with Crippen LogP contribution < -0.4 is 5.32 Å². The fraction of sp³-hybridized carbons (Fsp3) is 0.727. The summed E-state index contributed by atoms with van der Waals surface area (Å²) < 4.78 is 5.33. The largest absolute Gasteiger partial charge is 0.480 e. The van der Waals surface area contributed by atoms with E-state index in [1.54, 1.807) is 9.80 Å². The maximum absolute atomic E-state index is 12.6. The van der Waals surface area contributed by atoms with Crippen LogP contribution in [-0.2, 0) is 19.1 Å². The Hall–Kier alpha value is -2.76. The highest BCUT2D eigenvalue weighted by Gasteiger charge is 2.35. The first-order chi connectivity index (χ1) is 14.5. The lowest BCUT2D eigenvalue weighted by atomic mass is 9.93. The number of carbonyl (C=O) groups is 4. The smallest absolute Gasteiger partial charge is 0.410 e. The standard InChI is InChI=1S/C22H33N3O6/c1-5-16(20(28)29)11-23-19(27)17-7-6-10-24(14-17)18(26)9-8-15-12-25(13-15)21(30)31-22(2,3)4/h1,15-17H,6-14H2,2-4H3,(H,23,27)(H,28,29)/t16-,17+/m0/s1.